The van der Waals surface area contributed by atoms with Crippen molar-refractivity contribution in [2.75, 3.05) is 6.54 Å². The molecule has 1 aromatic heterocycles. The second-order valence-corrected chi connectivity index (χ2v) is 5.23. The summed E-state index contributed by atoms with van der Waals surface area (Å²) in [5.41, 5.74) is 1.20. The van der Waals surface area contributed by atoms with E-state index in [4.69, 9.17) is 0 Å². The first-order chi connectivity index (χ1) is 8.34. The Balaban J connectivity index is 1.66. The second-order valence-electron chi connectivity index (χ2n) is 5.23. The van der Waals surface area contributed by atoms with Crippen LogP contribution in [0.1, 0.15) is 50.6 Å². The van der Waals surface area contributed by atoms with Gasteiger partial charge in [0.2, 0.25) is 0 Å². The fourth-order valence-electron chi connectivity index (χ4n) is 2.66. The van der Waals surface area contributed by atoms with Gasteiger partial charge in [-0.15, -0.1) is 0 Å². The van der Waals surface area contributed by atoms with Crippen molar-refractivity contribution in [1.29, 1.82) is 0 Å². The zero-order valence-corrected chi connectivity index (χ0v) is 11.0. The molecule has 0 spiro atoms. The van der Waals surface area contributed by atoms with Gasteiger partial charge >= 0.3 is 0 Å². The quantitative estimate of drug-likeness (QED) is 0.869. The lowest BCUT2D eigenvalue weighted by Crippen LogP contribution is -2.31. The molecule has 0 atom stereocenters. The van der Waals surface area contributed by atoms with Crippen LogP contribution in [0.25, 0.3) is 0 Å². The van der Waals surface area contributed by atoms with E-state index in [1.54, 1.807) is 0 Å². The van der Waals surface area contributed by atoms with Crippen molar-refractivity contribution < 1.29 is 0 Å². The van der Waals surface area contributed by atoms with Crippen molar-refractivity contribution in [2.45, 2.75) is 57.4 Å². The van der Waals surface area contributed by atoms with Crippen LogP contribution < -0.4 is 5.32 Å². The van der Waals surface area contributed by atoms with Crippen molar-refractivity contribution in [3.63, 3.8) is 0 Å². The molecule has 1 aromatic rings. The van der Waals surface area contributed by atoms with Crippen molar-refractivity contribution in [1.82, 2.24) is 15.1 Å². The molecule has 1 N–H and O–H groups in total. The highest BCUT2D eigenvalue weighted by molar-refractivity contribution is 4.99. The van der Waals surface area contributed by atoms with Crippen LogP contribution in [-0.2, 0) is 13.5 Å². The van der Waals surface area contributed by atoms with Crippen molar-refractivity contribution >= 4 is 0 Å². The first-order valence-electron chi connectivity index (χ1n) is 7.06. The number of rotatable bonds is 4. The molecular formula is C14H25N3. The maximum atomic E-state index is 4.40. The number of aromatic nitrogens is 2. The molecule has 1 aliphatic rings. The van der Waals surface area contributed by atoms with E-state index in [1.165, 1.54) is 50.6 Å². The SMILES string of the molecule is Cn1ccc(CCNC2CCCCCCC2)n1. The molecule has 0 radical (unpaired) electrons. The minimum Gasteiger partial charge on any atom is -0.314 e. The number of aryl methyl sites for hydroxylation is 1. The standard InChI is InChI=1S/C14H25N3/c1-17-12-10-14(16-17)9-11-15-13-7-5-3-2-4-6-8-13/h10,12-13,15H,2-9,11H2,1H3. The third kappa shape index (κ3) is 4.50. The van der Waals surface area contributed by atoms with Gasteiger partial charge < -0.3 is 5.32 Å². The molecule has 0 bridgehead atoms. The second kappa shape index (κ2) is 6.80. The predicted octanol–water partition coefficient (Wildman–Crippen LogP) is 2.67. The van der Waals surface area contributed by atoms with Crippen LogP contribution in [0.2, 0.25) is 0 Å². The molecule has 0 saturated heterocycles. The molecule has 17 heavy (non-hydrogen) atoms. The molecular weight excluding hydrogens is 210 g/mol. The summed E-state index contributed by atoms with van der Waals surface area (Å²) in [5.74, 6) is 0. The molecule has 0 amide bonds. The van der Waals surface area contributed by atoms with Gasteiger partial charge in [-0.25, -0.2) is 0 Å². The highest BCUT2D eigenvalue weighted by atomic mass is 15.2. The van der Waals surface area contributed by atoms with E-state index in [1.807, 2.05) is 17.9 Å². The average molecular weight is 235 g/mol. The minimum atomic E-state index is 0.749. The lowest BCUT2D eigenvalue weighted by atomic mass is 9.97. The largest absolute Gasteiger partial charge is 0.314 e. The third-order valence-corrected chi connectivity index (χ3v) is 3.69. The first kappa shape index (κ1) is 12.6. The maximum absolute atomic E-state index is 4.40. The third-order valence-electron chi connectivity index (χ3n) is 3.69. The summed E-state index contributed by atoms with van der Waals surface area (Å²) < 4.78 is 1.88. The summed E-state index contributed by atoms with van der Waals surface area (Å²) in [4.78, 5) is 0. The molecule has 1 aliphatic carbocycles. The topological polar surface area (TPSA) is 29.9 Å². The Morgan fingerprint density at radius 1 is 1.24 bits per heavy atom. The van der Waals surface area contributed by atoms with Crippen LogP contribution in [0.15, 0.2) is 12.3 Å². The van der Waals surface area contributed by atoms with Crippen LogP contribution in [0.5, 0.6) is 0 Å². The van der Waals surface area contributed by atoms with Crippen LogP contribution in [-0.4, -0.2) is 22.4 Å². The van der Waals surface area contributed by atoms with E-state index in [-0.39, 0.29) is 0 Å². The van der Waals surface area contributed by atoms with E-state index in [2.05, 4.69) is 16.5 Å². The number of nitrogens with zero attached hydrogens (tertiary/aromatic N) is 2. The zero-order chi connectivity index (χ0) is 11.9. The monoisotopic (exact) mass is 235 g/mol. The molecule has 0 aromatic carbocycles. The van der Waals surface area contributed by atoms with Gasteiger partial charge in [0.15, 0.2) is 0 Å². The minimum absolute atomic E-state index is 0.749. The van der Waals surface area contributed by atoms with E-state index in [0.29, 0.717) is 0 Å². The molecule has 0 unspecified atom stereocenters. The van der Waals surface area contributed by atoms with Crippen LogP contribution in [0.4, 0.5) is 0 Å². The van der Waals surface area contributed by atoms with Crippen molar-refractivity contribution in [3.8, 4) is 0 Å². The van der Waals surface area contributed by atoms with E-state index in [0.717, 1.165) is 19.0 Å². The van der Waals surface area contributed by atoms with Crippen LogP contribution in [0, 0.1) is 0 Å². The number of nitrogens with one attached hydrogen (secondary N) is 1. The smallest absolute Gasteiger partial charge is 0.0637 e. The summed E-state index contributed by atoms with van der Waals surface area (Å²) in [6.45, 7) is 1.07. The lowest BCUT2D eigenvalue weighted by Gasteiger charge is -2.20. The van der Waals surface area contributed by atoms with Gasteiger partial charge in [0.05, 0.1) is 5.69 Å². The van der Waals surface area contributed by atoms with E-state index in [9.17, 15) is 0 Å². The summed E-state index contributed by atoms with van der Waals surface area (Å²) in [5, 5.41) is 8.10. The maximum Gasteiger partial charge on any atom is 0.0637 e. The highest BCUT2D eigenvalue weighted by Gasteiger charge is 2.10. The molecule has 1 heterocycles. The van der Waals surface area contributed by atoms with Gasteiger partial charge in [-0.05, 0) is 18.9 Å². The zero-order valence-electron chi connectivity index (χ0n) is 11.0. The fraction of sp³-hybridized carbons (Fsp3) is 0.786. The summed E-state index contributed by atoms with van der Waals surface area (Å²) in [6.07, 6.45) is 12.9. The molecule has 96 valence electrons. The van der Waals surface area contributed by atoms with Crippen LogP contribution in [0.3, 0.4) is 0 Å². The average Bonchev–Trinajstić information content (AvgIpc) is 2.67. The van der Waals surface area contributed by atoms with Gasteiger partial charge in [-0.1, -0.05) is 32.1 Å². The normalized spacial score (nSPS) is 18.9. The first-order valence-corrected chi connectivity index (χ1v) is 7.06. The summed E-state index contributed by atoms with van der Waals surface area (Å²) in [6, 6.07) is 2.86. The Bertz CT molecular complexity index is 311. The molecule has 2 rings (SSSR count). The van der Waals surface area contributed by atoms with Gasteiger partial charge in [0.25, 0.3) is 0 Å². The van der Waals surface area contributed by atoms with Crippen LogP contribution >= 0.6 is 0 Å². The Kier molecular flexibility index (Phi) is 5.05. The van der Waals surface area contributed by atoms with Crippen molar-refractivity contribution in [3.05, 3.63) is 18.0 Å². The summed E-state index contributed by atoms with van der Waals surface area (Å²) >= 11 is 0. The molecule has 1 fully saturated rings. The van der Waals surface area contributed by atoms with E-state index < -0.39 is 0 Å². The Morgan fingerprint density at radius 2 is 1.94 bits per heavy atom. The van der Waals surface area contributed by atoms with E-state index >= 15 is 0 Å². The van der Waals surface area contributed by atoms with Gasteiger partial charge in [-0.3, -0.25) is 4.68 Å². The van der Waals surface area contributed by atoms with Crippen molar-refractivity contribution in [2.24, 2.45) is 7.05 Å². The Hall–Kier alpha value is -0.830. The molecule has 3 heteroatoms. The van der Waals surface area contributed by atoms with Gasteiger partial charge in [0.1, 0.15) is 0 Å². The number of hydrogen-bond acceptors (Lipinski definition) is 2. The Labute approximate surface area is 105 Å². The van der Waals surface area contributed by atoms with Gasteiger partial charge in [0, 0.05) is 32.3 Å². The molecule has 0 aliphatic heterocycles. The number of hydrogen-bond donors (Lipinski definition) is 1. The lowest BCUT2D eigenvalue weighted by molar-refractivity contribution is 0.391. The molecule has 3 nitrogen and oxygen atoms in total. The Morgan fingerprint density at radius 3 is 2.59 bits per heavy atom. The van der Waals surface area contributed by atoms with Gasteiger partial charge in [-0.2, -0.15) is 5.10 Å². The molecule has 1 saturated carbocycles. The summed E-state index contributed by atoms with van der Waals surface area (Å²) in [7, 11) is 1.98. The highest BCUT2D eigenvalue weighted by Crippen LogP contribution is 2.16. The predicted molar refractivity (Wildman–Crippen MR) is 71.0 cm³/mol. The fourth-order valence-corrected chi connectivity index (χ4v) is 2.66.